The van der Waals surface area contributed by atoms with Gasteiger partial charge in [-0.3, -0.25) is 0 Å². The van der Waals surface area contributed by atoms with Crippen molar-refractivity contribution < 1.29 is 9.84 Å². The second-order valence-corrected chi connectivity index (χ2v) is 5.15. The Labute approximate surface area is 117 Å². The van der Waals surface area contributed by atoms with Crippen LogP contribution >= 0.6 is 0 Å². The second kappa shape index (κ2) is 8.31. The van der Waals surface area contributed by atoms with E-state index in [1.807, 2.05) is 0 Å². The van der Waals surface area contributed by atoms with E-state index in [9.17, 15) is 5.11 Å². The third kappa shape index (κ3) is 5.72. The Morgan fingerprint density at radius 3 is 2.32 bits per heavy atom. The average molecular weight is 265 g/mol. The number of likely N-dealkylation sites (N-methyl/N-ethyl adjacent to an activating group) is 1. The molecular formula is C16H27NO2. The second-order valence-electron chi connectivity index (χ2n) is 5.15. The number of hydrogen-bond acceptors (Lipinski definition) is 3. The lowest BCUT2D eigenvalue weighted by Crippen LogP contribution is -2.29. The van der Waals surface area contributed by atoms with Crippen molar-refractivity contribution in [2.45, 2.75) is 33.3 Å². The molecule has 0 aliphatic heterocycles. The smallest absolute Gasteiger partial charge is 0.0802 e. The number of hydrogen-bond donors (Lipinski definition) is 1. The molecule has 1 atom stereocenters. The summed E-state index contributed by atoms with van der Waals surface area (Å²) in [6.45, 7) is 9.83. The minimum Gasteiger partial charge on any atom is -0.388 e. The molecule has 0 spiro atoms. The molecule has 1 aromatic carbocycles. The number of aliphatic hydroxyl groups excluding tert-OH is 1. The summed E-state index contributed by atoms with van der Waals surface area (Å²) in [7, 11) is 1.72. The minimum atomic E-state index is -0.379. The zero-order valence-corrected chi connectivity index (χ0v) is 12.6. The van der Waals surface area contributed by atoms with Gasteiger partial charge in [-0.1, -0.05) is 36.2 Å². The first kappa shape index (κ1) is 16.2. The molecule has 0 aromatic heterocycles. The van der Waals surface area contributed by atoms with Gasteiger partial charge in [-0.05, 0) is 32.4 Å². The molecule has 0 bridgehead atoms. The van der Waals surface area contributed by atoms with Crippen LogP contribution in [-0.2, 0) is 4.74 Å². The fraction of sp³-hybridized carbons (Fsp3) is 0.625. The van der Waals surface area contributed by atoms with E-state index >= 15 is 0 Å². The molecule has 0 radical (unpaired) electrons. The van der Waals surface area contributed by atoms with Gasteiger partial charge < -0.3 is 14.7 Å². The first-order valence-electron chi connectivity index (χ1n) is 7.04. The normalized spacial score (nSPS) is 12.9. The Balaban J connectivity index is 2.51. The summed E-state index contributed by atoms with van der Waals surface area (Å²) in [6, 6.07) is 6.28. The first-order valence-corrected chi connectivity index (χ1v) is 7.04. The van der Waals surface area contributed by atoms with Crippen molar-refractivity contribution in [2.24, 2.45) is 0 Å². The van der Waals surface area contributed by atoms with E-state index in [1.165, 1.54) is 11.1 Å². The van der Waals surface area contributed by atoms with Crippen LogP contribution in [0, 0.1) is 13.8 Å². The number of nitrogens with zero attached hydrogens (tertiary/aromatic N) is 1. The number of aliphatic hydroxyl groups is 1. The lowest BCUT2D eigenvalue weighted by molar-refractivity contribution is 0.120. The Hall–Kier alpha value is -0.900. The number of ether oxygens (including phenoxy) is 1. The standard InChI is InChI=1S/C16H27NO2/c1-5-17(8-9-19-4)7-6-16(18)15-11-13(2)10-14(3)12-15/h10-12,16,18H,5-9H2,1-4H3. The van der Waals surface area contributed by atoms with Gasteiger partial charge in [-0.25, -0.2) is 0 Å². The van der Waals surface area contributed by atoms with Gasteiger partial charge in [-0.15, -0.1) is 0 Å². The Morgan fingerprint density at radius 1 is 1.16 bits per heavy atom. The molecule has 3 heteroatoms. The lowest BCUT2D eigenvalue weighted by atomic mass is 10.0. The van der Waals surface area contributed by atoms with Crippen molar-refractivity contribution in [1.29, 1.82) is 0 Å². The summed E-state index contributed by atoms with van der Waals surface area (Å²) in [5.41, 5.74) is 3.45. The van der Waals surface area contributed by atoms with Gasteiger partial charge in [0.25, 0.3) is 0 Å². The van der Waals surface area contributed by atoms with Crippen molar-refractivity contribution in [1.82, 2.24) is 4.90 Å². The van der Waals surface area contributed by atoms with Crippen LogP contribution in [-0.4, -0.2) is 43.4 Å². The molecule has 0 heterocycles. The van der Waals surface area contributed by atoms with Gasteiger partial charge in [0.05, 0.1) is 12.7 Å². The summed E-state index contributed by atoms with van der Waals surface area (Å²) in [4.78, 5) is 2.30. The quantitative estimate of drug-likeness (QED) is 0.784. The number of benzene rings is 1. The van der Waals surface area contributed by atoms with Crippen molar-refractivity contribution in [2.75, 3.05) is 33.4 Å². The molecule has 1 N–H and O–H groups in total. The maximum absolute atomic E-state index is 10.3. The molecule has 0 saturated heterocycles. The number of methoxy groups -OCH3 is 1. The number of aryl methyl sites for hydroxylation is 2. The summed E-state index contributed by atoms with van der Waals surface area (Å²) >= 11 is 0. The maximum atomic E-state index is 10.3. The summed E-state index contributed by atoms with van der Waals surface area (Å²) in [5, 5.41) is 10.3. The Morgan fingerprint density at radius 2 is 1.79 bits per heavy atom. The summed E-state index contributed by atoms with van der Waals surface area (Å²) in [5.74, 6) is 0. The molecule has 0 fully saturated rings. The predicted molar refractivity (Wildman–Crippen MR) is 79.5 cm³/mol. The Kier molecular flexibility index (Phi) is 7.06. The molecule has 3 nitrogen and oxygen atoms in total. The minimum absolute atomic E-state index is 0.379. The van der Waals surface area contributed by atoms with Crippen LogP contribution in [0.3, 0.4) is 0 Å². The van der Waals surface area contributed by atoms with Crippen LogP contribution in [0.4, 0.5) is 0 Å². The monoisotopic (exact) mass is 265 g/mol. The average Bonchev–Trinajstić information content (AvgIpc) is 2.37. The molecule has 108 valence electrons. The van der Waals surface area contributed by atoms with E-state index < -0.39 is 0 Å². The highest BCUT2D eigenvalue weighted by Gasteiger charge is 2.11. The van der Waals surface area contributed by atoms with Crippen LogP contribution < -0.4 is 0 Å². The van der Waals surface area contributed by atoms with Gasteiger partial charge >= 0.3 is 0 Å². The van der Waals surface area contributed by atoms with Crippen LogP contribution in [0.1, 0.15) is 36.1 Å². The largest absolute Gasteiger partial charge is 0.388 e. The topological polar surface area (TPSA) is 32.7 Å². The van der Waals surface area contributed by atoms with Gasteiger partial charge in [0.1, 0.15) is 0 Å². The highest BCUT2D eigenvalue weighted by Crippen LogP contribution is 2.20. The van der Waals surface area contributed by atoms with Crippen molar-refractivity contribution in [3.8, 4) is 0 Å². The van der Waals surface area contributed by atoms with E-state index in [2.05, 4.69) is 43.9 Å². The zero-order valence-electron chi connectivity index (χ0n) is 12.6. The van der Waals surface area contributed by atoms with Crippen LogP contribution in [0.5, 0.6) is 0 Å². The van der Waals surface area contributed by atoms with Gasteiger partial charge in [0.2, 0.25) is 0 Å². The molecular weight excluding hydrogens is 238 g/mol. The first-order chi connectivity index (χ1) is 9.06. The van der Waals surface area contributed by atoms with E-state index in [4.69, 9.17) is 4.74 Å². The van der Waals surface area contributed by atoms with Crippen LogP contribution in [0.15, 0.2) is 18.2 Å². The third-order valence-corrected chi connectivity index (χ3v) is 3.41. The maximum Gasteiger partial charge on any atom is 0.0802 e. The molecule has 1 unspecified atom stereocenters. The highest BCUT2D eigenvalue weighted by atomic mass is 16.5. The molecule has 1 aromatic rings. The molecule has 0 amide bonds. The molecule has 1 rings (SSSR count). The summed E-state index contributed by atoms with van der Waals surface area (Å²) < 4.78 is 5.09. The van der Waals surface area contributed by atoms with E-state index in [1.54, 1.807) is 7.11 Å². The fourth-order valence-electron chi connectivity index (χ4n) is 2.32. The van der Waals surface area contributed by atoms with Gasteiger partial charge in [-0.2, -0.15) is 0 Å². The van der Waals surface area contributed by atoms with E-state index in [0.29, 0.717) is 0 Å². The van der Waals surface area contributed by atoms with Crippen molar-refractivity contribution in [3.63, 3.8) is 0 Å². The van der Waals surface area contributed by atoms with E-state index in [-0.39, 0.29) is 6.10 Å². The molecule has 0 saturated carbocycles. The zero-order chi connectivity index (χ0) is 14.3. The number of rotatable bonds is 8. The predicted octanol–water partition coefficient (Wildman–Crippen LogP) is 2.70. The van der Waals surface area contributed by atoms with Crippen molar-refractivity contribution in [3.05, 3.63) is 34.9 Å². The van der Waals surface area contributed by atoms with Gasteiger partial charge in [0.15, 0.2) is 0 Å². The van der Waals surface area contributed by atoms with Crippen LogP contribution in [0.2, 0.25) is 0 Å². The Bertz CT molecular complexity index is 359. The SMILES string of the molecule is CCN(CCOC)CCC(O)c1cc(C)cc(C)c1. The van der Waals surface area contributed by atoms with Crippen molar-refractivity contribution >= 4 is 0 Å². The van der Waals surface area contributed by atoms with Crippen LogP contribution in [0.25, 0.3) is 0 Å². The summed E-state index contributed by atoms with van der Waals surface area (Å²) in [6.07, 6.45) is 0.385. The fourth-order valence-corrected chi connectivity index (χ4v) is 2.32. The van der Waals surface area contributed by atoms with E-state index in [0.717, 1.165) is 38.2 Å². The molecule has 0 aliphatic carbocycles. The molecule has 19 heavy (non-hydrogen) atoms. The lowest BCUT2D eigenvalue weighted by Gasteiger charge is -2.22. The third-order valence-electron chi connectivity index (χ3n) is 3.41. The molecule has 0 aliphatic rings. The van der Waals surface area contributed by atoms with Gasteiger partial charge in [0, 0.05) is 20.2 Å². The highest BCUT2D eigenvalue weighted by molar-refractivity contribution is 5.29.